The zero-order valence-electron chi connectivity index (χ0n) is 20.0. The molecule has 4 aromatic rings. The molecule has 1 aliphatic rings. The third-order valence-corrected chi connectivity index (χ3v) is 7.41. The van der Waals surface area contributed by atoms with E-state index in [2.05, 4.69) is 52.0 Å². The highest BCUT2D eigenvalue weighted by molar-refractivity contribution is 6.30. The Morgan fingerprint density at radius 1 is 0.972 bits per heavy atom. The normalized spacial score (nSPS) is 16.4. The standard InChI is InChI=1S/C28H25Cl2N5O/c1-18-17-34(25-15-26(36)33(2)24-12-11-23(16-31)32-27(24)25)13-14-35(18)28(19-3-7-21(29)8-4-19)20-5-9-22(30)10-6-20/h3-12,15,18,28H,13-14,17H2,1-2H3. The van der Waals surface area contributed by atoms with Crippen LogP contribution in [0, 0.1) is 11.3 Å². The average Bonchev–Trinajstić information content (AvgIpc) is 2.89. The fourth-order valence-corrected chi connectivity index (χ4v) is 5.31. The molecular formula is C28H25Cl2N5O. The van der Waals surface area contributed by atoms with Crippen LogP contribution in [-0.2, 0) is 7.05 Å². The number of pyridine rings is 2. The Kier molecular flexibility index (Phi) is 6.72. The second kappa shape index (κ2) is 9.94. The van der Waals surface area contributed by atoms with Crippen molar-refractivity contribution in [1.29, 1.82) is 5.26 Å². The lowest BCUT2D eigenvalue weighted by molar-refractivity contribution is 0.150. The third-order valence-electron chi connectivity index (χ3n) is 6.91. The van der Waals surface area contributed by atoms with Gasteiger partial charge in [-0.05, 0) is 54.4 Å². The number of rotatable bonds is 4. The summed E-state index contributed by atoms with van der Waals surface area (Å²) in [5.41, 5.74) is 4.70. The highest BCUT2D eigenvalue weighted by Crippen LogP contribution is 2.35. The number of fused-ring (bicyclic) bond motifs is 1. The van der Waals surface area contributed by atoms with Crippen molar-refractivity contribution in [1.82, 2.24) is 14.5 Å². The Morgan fingerprint density at radius 3 is 2.14 bits per heavy atom. The molecule has 1 atom stereocenters. The number of hydrogen-bond acceptors (Lipinski definition) is 5. The Morgan fingerprint density at radius 2 is 1.58 bits per heavy atom. The van der Waals surface area contributed by atoms with Gasteiger partial charge in [0.15, 0.2) is 0 Å². The molecule has 2 aromatic heterocycles. The van der Waals surface area contributed by atoms with Crippen molar-refractivity contribution in [3.8, 4) is 6.07 Å². The second-order valence-electron chi connectivity index (χ2n) is 9.14. The summed E-state index contributed by atoms with van der Waals surface area (Å²) in [5, 5.41) is 10.8. The number of nitriles is 1. The Labute approximate surface area is 219 Å². The molecular weight excluding hydrogens is 493 g/mol. The molecule has 0 saturated carbocycles. The molecule has 1 unspecified atom stereocenters. The van der Waals surface area contributed by atoms with Crippen molar-refractivity contribution in [2.75, 3.05) is 24.5 Å². The van der Waals surface area contributed by atoms with Gasteiger partial charge in [0, 0.05) is 48.8 Å². The maximum absolute atomic E-state index is 12.7. The van der Waals surface area contributed by atoms with Gasteiger partial charge in [-0.2, -0.15) is 5.26 Å². The number of halogens is 2. The minimum absolute atomic E-state index is 0.0281. The second-order valence-corrected chi connectivity index (χ2v) is 10.0. The van der Waals surface area contributed by atoms with E-state index in [1.165, 1.54) is 0 Å². The van der Waals surface area contributed by atoms with Crippen LogP contribution in [0.5, 0.6) is 0 Å². The predicted octanol–water partition coefficient (Wildman–Crippen LogP) is 5.41. The van der Waals surface area contributed by atoms with E-state index in [1.807, 2.05) is 24.3 Å². The van der Waals surface area contributed by atoms with Gasteiger partial charge in [0.2, 0.25) is 0 Å². The SMILES string of the molecule is CC1CN(c2cc(=O)n(C)c3ccc(C#N)nc23)CCN1C(c1ccc(Cl)cc1)c1ccc(Cl)cc1. The van der Waals surface area contributed by atoms with Gasteiger partial charge in [-0.25, -0.2) is 4.98 Å². The molecule has 2 aromatic carbocycles. The van der Waals surface area contributed by atoms with Gasteiger partial charge in [-0.3, -0.25) is 9.69 Å². The van der Waals surface area contributed by atoms with Gasteiger partial charge < -0.3 is 9.47 Å². The molecule has 3 heterocycles. The Hall–Kier alpha value is -3.37. The van der Waals surface area contributed by atoms with Gasteiger partial charge in [0.05, 0.1) is 17.2 Å². The number of nitrogens with zero attached hydrogens (tertiary/aromatic N) is 5. The fourth-order valence-electron chi connectivity index (χ4n) is 5.05. The van der Waals surface area contributed by atoms with Crippen molar-refractivity contribution in [2.24, 2.45) is 7.05 Å². The lowest BCUT2D eigenvalue weighted by atomic mass is 9.94. The summed E-state index contributed by atoms with van der Waals surface area (Å²) in [6.45, 7) is 4.38. The molecule has 0 amide bonds. The molecule has 5 rings (SSSR count). The van der Waals surface area contributed by atoms with Gasteiger partial charge >= 0.3 is 0 Å². The van der Waals surface area contributed by atoms with E-state index in [4.69, 9.17) is 23.2 Å². The van der Waals surface area contributed by atoms with Crippen molar-refractivity contribution in [3.05, 3.63) is 104 Å². The molecule has 36 heavy (non-hydrogen) atoms. The van der Waals surface area contributed by atoms with Crippen molar-refractivity contribution in [2.45, 2.75) is 19.0 Å². The van der Waals surface area contributed by atoms with E-state index in [9.17, 15) is 10.1 Å². The molecule has 8 heteroatoms. The number of benzene rings is 2. The lowest BCUT2D eigenvalue weighted by Crippen LogP contribution is -2.53. The molecule has 182 valence electrons. The number of aryl methyl sites for hydroxylation is 1. The maximum atomic E-state index is 12.7. The summed E-state index contributed by atoms with van der Waals surface area (Å²) >= 11 is 12.4. The van der Waals surface area contributed by atoms with Gasteiger partial charge in [-0.1, -0.05) is 47.5 Å². The summed E-state index contributed by atoms with van der Waals surface area (Å²) in [6, 6.07) is 23.4. The number of hydrogen-bond donors (Lipinski definition) is 0. The summed E-state index contributed by atoms with van der Waals surface area (Å²) in [7, 11) is 1.73. The van der Waals surface area contributed by atoms with Crippen LogP contribution in [0.3, 0.4) is 0 Å². The summed E-state index contributed by atoms with van der Waals surface area (Å²) in [6.07, 6.45) is 0. The van der Waals surface area contributed by atoms with Crippen LogP contribution in [0.4, 0.5) is 5.69 Å². The van der Waals surface area contributed by atoms with Gasteiger partial charge in [0.1, 0.15) is 17.3 Å². The number of piperazine rings is 1. The fraction of sp³-hybridized carbons (Fsp3) is 0.250. The van der Waals surface area contributed by atoms with Crippen molar-refractivity contribution >= 4 is 39.9 Å². The molecule has 1 saturated heterocycles. The molecule has 0 aliphatic carbocycles. The molecule has 0 spiro atoms. The van der Waals surface area contributed by atoms with Crippen LogP contribution in [0.25, 0.3) is 11.0 Å². The average molecular weight is 518 g/mol. The van der Waals surface area contributed by atoms with Gasteiger partial charge in [0.25, 0.3) is 5.56 Å². The van der Waals surface area contributed by atoms with Crippen LogP contribution in [-0.4, -0.2) is 40.1 Å². The first-order valence-corrected chi connectivity index (χ1v) is 12.5. The van der Waals surface area contributed by atoms with E-state index in [1.54, 1.807) is 29.8 Å². The summed E-state index contributed by atoms with van der Waals surface area (Å²) in [5.74, 6) is 0. The largest absolute Gasteiger partial charge is 0.367 e. The van der Waals surface area contributed by atoms with Crippen molar-refractivity contribution in [3.63, 3.8) is 0 Å². The minimum atomic E-state index is -0.0979. The van der Waals surface area contributed by atoms with E-state index in [0.29, 0.717) is 39.9 Å². The first-order valence-electron chi connectivity index (χ1n) is 11.8. The van der Waals surface area contributed by atoms with E-state index < -0.39 is 0 Å². The number of aromatic nitrogens is 2. The van der Waals surface area contributed by atoms with E-state index in [0.717, 1.165) is 23.4 Å². The molecule has 0 radical (unpaired) electrons. The molecule has 6 nitrogen and oxygen atoms in total. The minimum Gasteiger partial charge on any atom is -0.367 e. The molecule has 0 bridgehead atoms. The van der Waals surface area contributed by atoms with Crippen LogP contribution >= 0.6 is 23.2 Å². The first kappa shape index (κ1) is 24.3. The van der Waals surface area contributed by atoms with Gasteiger partial charge in [-0.15, -0.1) is 0 Å². The Balaban J connectivity index is 1.51. The molecule has 1 fully saturated rings. The zero-order chi connectivity index (χ0) is 25.4. The van der Waals surface area contributed by atoms with Crippen LogP contribution in [0.15, 0.2) is 71.5 Å². The summed E-state index contributed by atoms with van der Waals surface area (Å²) in [4.78, 5) is 22.0. The quantitative estimate of drug-likeness (QED) is 0.362. The maximum Gasteiger partial charge on any atom is 0.252 e. The van der Waals surface area contributed by atoms with Crippen LogP contribution in [0.2, 0.25) is 10.0 Å². The van der Waals surface area contributed by atoms with E-state index >= 15 is 0 Å². The predicted molar refractivity (Wildman–Crippen MR) is 145 cm³/mol. The summed E-state index contributed by atoms with van der Waals surface area (Å²) < 4.78 is 1.57. The topological polar surface area (TPSA) is 65.2 Å². The number of anilines is 1. The third kappa shape index (κ3) is 4.58. The van der Waals surface area contributed by atoms with Crippen LogP contribution < -0.4 is 10.5 Å². The van der Waals surface area contributed by atoms with Crippen molar-refractivity contribution < 1.29 is 0 Å². The molecule has 0 N–H and O–H groups in total. The molecule has 1 aliphatic heterocycles. The lowest BCUT2D eigenvalue weighted by Gasteiger charge is -2.45. The van der Waals surface area contributed by atoms with Crippen LogP contribution in [0.1, 0.15) is 29.8 Å². The first-order chi connectivity index (χ1) is 17.4. The zero-order valence-corrected chi connectivity index (χ0v) is 21.5. The smallest absolute Gasteiger partial charge is 0.252 e. The Bertz CT molecular complexity index is 1460. The highest BCUT2D eigenvalue weighted by atomic mass is 35.5. The van der Waals surface area contributed by atoms with E-state index in [-0.39, 0.29) is 17.6 Å². The monoisotopic (exact) mass is 517 g/mol. The highest BCUT2D eigenvalue weighted by Gasteiger charge is 2.32.